The standard InChI is InChI=1S/C23H30F2O4SSi/c1-23(2,3)31(5,6)29-15-20(17-9-12-21(24)22(25)13-17)19(14-26)16-7-10-18(11-8-16)30(4,27)28/h7-13,26H,14-15H2,1-6H3/b20-19+. The third-order valence-corrected chi connectivity index (χ3v) is 11.4. The fourth-order valence-electron chi connectivity index (χ4n) is 2.76. The smallest absolute Gasteiger partial charge is 0.192 e. The van der Waals surface area contributed by atoms with E-state index in [1.165, 1.54) is 18.2 Å². The Balaban J connectivity index is 2.62. The molecule has 0 aromatic heterocycles. The zero-order valence-corrected chi connectivity index (χ0v) is 20.6. The molecule has 0 heterocycles. The van der Waals surface area contributed by atoms with Crippen molar-refractivity contribution in [2.45, 2.75) is 43.8 Å². The summed E-state index contributed by atoms with van der Waals surface area (Å²) in [7, 11) is -5.55. The first-order chi connectivity index (χ1) is 14.2. The zero-order chi connectivity index (χ0) is 23.6. The molecule has 0 unspecified atom stereocenters. The average molecular weight is 469 g/mol. The summed E-state index contributed by atoms with van der Waals surface area (Å²) in [5.74, 6) is -1.96. The van der Waals surface area contributed by atoms with E-state index in [1.54, 1.807) is 12.1 Å². The van der Waals surface area contributed by atoms with Crippen LogP contribution in [0.3, 0.4) is 0 Å². The van der Waals surface area contributed by atoms with Gasteiger partial charge in [-0.25, -0.2) is 17.2 Å². The van der Waals surface area contributed by atoms with Gasteiger partial charge < -0.3 is 9.53 Å². The maximum Gasteiger partial charge on any atom is 0.192 e. The lowest BCUT2D eigenvalue weighted by molar-refractivity contribution is 0.330. The van der Waals surface area contributed by atoms with E-state index in [0.29, 0.717) is 22.3 Å². The van der Waals surface area contributed by atoms with Crippen molar-refractivity contribution in [2.24, 2.45) is 0 Å². The van der Waals surface area contributed by atoms with E-state index in [4.69, 9.17) is 4.43 Å². The number of rotatable bonds is 7. The van der Waals surface area contributed by atoms with Gasteiger partial charge in [0.25, 0.3) is 0 Å². The van der Waals surface area contributed by atoms with Crippen LogP contribution in [0.4, 0.5) is 8.78 Å². The van der Waals surface area contributed by atoms with Gasteiger partial charge in [0, 0.05) is 6.26 Å². The number of halogens is 2. The molecule has 0 amide bonds. The number of aliphatic hydroxyl groups is 1. The van der Waals surface area contributed by atoms with Gasteiger partial charge in [-0.15, -0.1) is 0 Å². The molecule has 1 N–H and O–H groups in total. The Hall–Kier alpha value is -1.87. The second kappa shape index (κ2) is 9.32. The molecule has 170 valence electrons. The molecular weight excluding hydrogens is 438 g/mol. The van der Waals surface area contributed by atoms with E-state index in [2.05, 4.69) is 33.9 Å². The van der Waals surface area contributed by atoms with Crippen molar-refractivity contribution in [3.8, 4) is 0 Å². The van der Waals surface area contributed by atoms with Crippen LogP contribution < -0.4 is 0 Å². The molecule has 0 saturated carbocycles. The third-order valence-electron chi connectivity index (χ3n) is 5.80. The number of sulfone groups is 1. The largest absolute Gasteiger partial charge is 0.413 e. The van der Waals surface area contributed by atoms with Gasteiger partial charge in [0.05, 0.1) is 18.1 Å². The Labute approximate surface area is 184 Å². The highest BCUT2D eigenvalue weighted by molar-refractivity contribution is 7.90. The number of hydrogen-bond acceptors (Lipinski definition) is 4. The van der Waals surface area contributed by atoms with Crippen molar-refractivity contribution in [3.63, 3.8) is 0 Å². The molecule has 2 rings (SSSR count). The van der Waals surface area contributed by atoms with Gasteiger partial charge in [-0.1, -0.05) is 39.0 Å². The predicted octanol–water partition coefficient (Wildman–Crippen LogP) is 5.29. The van der Waals surface area contributed by atoms with Crippen molar-refractivity contribution < 1.29 is 26.7 Å². The minimum Gasteiger partial charge on any atom is -0.413 e. The van der Waals surface area contributed by atoms with Gasteiger partial charge in [0.1, 0.15) is 0 Å². The molecule has 0 saturated heterocycles. The summed E-state index contributed by atoms with van der Waals surface area (Å²) < 4.78 is 57.4. The summed E-state index contributed by atoms with van der Waals surface area (Å²) >= 11 is 0. The van der Waals surface area contributed by atoms with E-state index in [0.717, 1.165) is 18.4 Å². The third kappa shape index (κ3) is 6.09. The van der Waals surface area contributed by atoms with Crippen LogP contribution in [-0.4, -0.2) is 41.3 Å². The number of benzene rings is 2. The average Bonchev–Trinajstić information content (AvgIpc) is 2.66. The highest BCUT2D eigenvalue weighted by Gasteiger charge is 2.37. The van der Waals surface area contributed by atoms with Crippen molar-refractivity contribution in [1.82, 2.24) is 0 Å². The summed E-state index contributed by atoms with van der Waals surface area (Å²) in [6.45, 7) is 10.2. The lowest BCUT2D eigenvalue weighted by Gasteiger charge is -2.36. The molecular formula is C23H30F2O4SSi. The van der Waals surface area contributed by atoms with Gasteiger partial charge in [-0.3, -0.25) is 0 Å². The van der Waals surface area contributed by atoms with E-state index in [1.807, 2.05) is 0 Å². The highest BCUT2D eigenvalue weighted by atomic mass is 32.2. The number of aliphatic hydroxyl groups excluding tert-OH is 1. The van der Waals surface area contributed by atoms with E-state index < -0.39 is 29.8 Å². The molecule has 0 spiro atoms. The lowest BCUT2D eigenvalue weighted by Crippen LogP contribution is -2.41. The first-order valence-corrected chi connectivity index (χ1v) is 14.7. The Morgan fingerprint density at radius 2 is 1.52 bits per heavy atom. The fourth-order valence-corrected chi connectivity index (χ4v) is 4.33. The second-order valence-corrected chi connectivity index (χ2v) is 15.9. The Morgan fingerprint density at radius 3 is 1.97 bits per heavy atom. The molecule has 0 fully saturated rings. The molecule has 0 aliphatic rings. The highest BCUT2D eigenvalue weighted by Crippen LogP contribution is 2.38. The van der Waals surface area contributed by atoms with Crippen molar-refractivity contribution in [3.05, 3.63) is 65.2 Å². The van der Waals surface area contributed by atoms with Gasteiger partial charge in [0.15, 0.2) is 29.8 Å². The van der Waals surface area contributed by atoms with Crippen LogP contribution >= 0.6 is 0 Å². The molecule has 0 atom stereocenters. The SMILES string of the molecule is CC(C)(C)[Si](C)(C)OC/C(=C(/CO)c1ccc(S(C)(=O)=O)cc1)c1ccc(F)c(F)c1. The first kappa shape index (κ1) is 25.4. The van der Waals surface area contributed by atoms with Crippen molar-refractivity contribution >= 4 is 29.3 Å². The molecule has 0 bridgehead atoms. The van der Waals surface area contributed by atoms with Crippen LogP contribution in [0.2, 0.25) is 18.1 Å². The summed E-state index contributed by atoms with van der Waals surface area (Å²) in [6, 6.07) is 9.67. The minimum atomic E-state index is -3.37. The predicted molar refractivity (Wildman–Crippen MR) is 123 cm³/mol. The number of hydrogen-bond donors (Lipinski definition) is 1. The Kier molecular flexibility index (Phi) is 7.63. The Morgan fingerprint density at radius 1 is 0.968 bits per heavy atom. The van der Waals surface area contributed by atoms with Gasteiger partial charge in [-0.05, 0) is 64.7 Å². The van der Waals surface area contributed by atoms with Crippen LogP contribution in [0.15, 0.2) is 47.4 Å². The summed E-state index contributed by atoms with van der Waals surface area (Å²) in [5, 5.41) is 10.1. The first-order valence-electron chi connectivity index (χ1n) is 9.90. The Bertz CT molecular complexity index is 1070. The minimum absolute atomic E-state index is 0.0668. The topological polar surface area (TPSA) is 63.6 Å². The summed E-state index contributed by atoms with van der Waals surface area (Å²) in [4.78, 5) is 0.153. The van der Waals surface area contributed by atoms with Gasteiger partial charge in [0.2, 0.25) is 0 Å². The zero-order valence-electron chi connectivity index (χ0n) is 18.8. The second-order valence-electron chi connectivity index (χ2n) is 9.09. The van der Waals surface area contributed by atoms with Crippen LogP contribution in [0.1, 0.15) is 31.9 Å². The van der Waals surface area contributed by atoms with Gasteiger partial charge >= 0.3 is 0 Å². The normalized spacial score (nSPS) is 13.8. The quantitative estimate of drug-likeness (QED) is 0.443. The monoisotopic (exact) mass is 468 g/mol. The summed E-state index contributed by atoms with van der Waals surface area (Å²) in [6.07, 6.45) is 1.12. The van der Waals surface area contributed by atoms with Gasteiger partial charge in [-0.2, -0.15) is 0 Å². The van der Waals surface area contributed by atoms with Crippen molar-refractivity contribution in [2.75, 3.05) is 19.5 Å². The fraction of sp³-hybridized carbons (Fsp3) is 0.391. The van der Waals surface area contributed by atoms with E-state index >= 15 is 0 Å². The maximum absolute atomic E-state index is 14.0. The molecule has 0 aliphatic heterocycles. The summed E-state index contributed by atoms with van der Waals surface area (Å²) in [5.41, 5.74) is 1.96. The maximum atomic E-state index is 14.0. The molecule has 31 heavy (non-hydrogen) atoms. The van der Waals surface area contributed by atoms with E-state index in [9.17, 15) is 22.3 Å². The van der Waals surface area contributed by atoms with E-state index in [-0.39, 0.29) is 23.1 Å². The molecule has 8 heteroatoms. The van der Waals surface area contributed by atoms with Crippen LogP contribution in [-0.2, 0) is 14.3 Å². The molecule has 2 aromatic carbocycles. The van der Waals surface area contributed by atoms with Crippen LogP contribution in [0.25, 0.3) is 11.1 Å². The molecule has 0 radical (unpaired) electrons. The van der Waals surface area contributed by atoms with Crippen molar-refractivity contribution in [1.29, 1.82) is 0 Å². The molecule has 0 aliphatic carbocycles. The van der Waals surface area contributed by atoms with Crippen LogP contribution in [0, 0.1) is 11.6 Å². The van der Waals surface area contributed by atoms with Crippen LogP contribution in [0.5, 0.6) is 0 Å². The molecule has 2 aromatic rings. The molecule has 4 nitrogen and oxygen atoms in total. The lowest BCUT2D eigenvalue weighted by atomic mass is 9.95.